The third kappa shape index (κ3) is 2.58. The van der Waals surface area contributed by atoms with Gasteiger partial charge in [-0.2, -0.15) is 14.6 Å². The maximum absolute atomic E-state index is 9.62. The number of aromatic nitrogens is 6. The fraction of sp³-hybridized carbons (Fsp3) is 0.111. The molecule has 28 heavy (non-hydrogen) atoms. The largest absolute Gasteiger partial charge is 0.504 e. The van der Waals surface area contributed by atoms with Crippen LogP contribution in [0.1, 0.15) is 5.56 Å². The van der Waals surface area contributed by atoms with Crippen LogP contribution in [-0.2, 0) is 13.0 Å². The lowest BCUT2D eigenvalue weighted by atomic mass is 10.1. The van der Waals surface area contributed by atoms with E-state index in [1.54, 1.807) is 29.1 Å². The average Bonchev–Trinajstić information content (AvgIpc) is 3.41. The fourth-order valence-electron chi connectivity index (χ4n) is 3.05. The van der Waals surface area contributed by atoms with E-state index in [1.807, 2.05) is 6.20 Å². The summed E-state index contributed by atoms with van der Waals surface area (Å²) in [6.07, 6.45) is 3.99. The van der Waals surface area contributed by atoms with Gasteiger partial charge in [0, 0.05) is 12.7 Å². The van der Waals surface area contributed by atoms with Gasteiger partial charge in [0.15, 0.2) is 28.6 Å². The van der Waals surface area contributed by atoms with Crippen molar-refractivity contribution in [2.24, 2.45) is 0 Å². The minimum Gasteiger partial charge on any atom is -0.504 e. The Morgan fingerprint density at radius 3 is 2.75 bits per heavy atom. The summed E-state index contributed by atoms with van der Waals surface area (Å²) in [6.45, 7) is 0.547. The van der Waals surface area contributed by atoms with E-state index in [0.29, 0.717) is 41.2 Å². The van der Waals surface area contributed by atoms with E-state index in [0.717, 1.165) is 5.56 Å². The third-order valence-electron chi connectivity index (χ3n) is 4.44. The van der Waals surface area contributed by atoms with Gasteiger partial charge in [-0.25, -0.2) is 4.98 Å². The Balaban J connectivity index is 1.51. The monoisotopic (exact) mass is 377 g/mol. The number of phenols is 2. The van der Waals surface area contributed by atoms with E-state index in [2.05, 4.69) is 20.2 Å². The number of furan rings is 1. The number of fused-ring (bicyclic) bond motifs is 3. The van der Waals surface area contributed by atoms with Gasteiger partial charge in [0.05, 0.1) is 11.6 Å². The van der Waals surface area contributed by atoms with Gasteiger partial charge in [0.2, 0.25) is 11.8 Å². The Hall–Kier alpha value is -4.08. The van der Waals surface area contributed by atoms with Gasteiger partial charge in [0.1, 0.15) is 0 Å². The zero-order chi connectivity index (χ0) is 19.3. The molecular formula is C18H15N7O3. The van der Waals surface area contributed by atoms with Crippen LogP contribution in [0.3, 0.4) is 0 Å². The van der Waals surface area contributed by atoms with Gasteiger partial charge >= 0.3 is 0 Å². The number of nitrogens with zero attached hydrogens (tertiary/aromatic N) is 6. The molecule has 0 aliphatic carbocycles. The minimum atomic E-state index is -0.145. The molecule has 10 heteroatoms. The molecule has 4 heterocycles. The second-order valence-corrected chi connectivity index (χ2v) is 6.32. The van der Waals surface area contributed by atoms with Gasteiger partial charge in [0.25, 0.3) is 0 Å². The topological polar surface area (TPSA) is 141 Å². The second-order valence-electron chi connectivity index (χ2n) is 6.32. The number of hydrogen-bond donors (Lipinski definition) is 3. The summed E-state index contributed by atoms with van der Waals surface area (Å²) >= 11 is 0. The highest BCUT2D eigenvalue weighted by Gasteiger charge is 2.16. The van der Waals surface area contributed by atoms with E-state index in [1.165, 1.54) is 16.6 Å². The Labute approximate surface area is 157 Å². The lowest BCUT2D eigenvalue weighted by molar-refractivity contribution is 0.403. The lowest BCUT2D eigenvalue weighted by Gasteiger charge is -2.03. The maximum atomic E-state index is 9.62. The number of rotatable bonds is 4. The summed E-state index contributed by atoms with van der Waals surface area (Å²) in [7, 11) is 0. The molecule has 0 saturated carbocycles. The zero-order valence-electron chi connectivity index (χ0n) is 14.5. The van der Waals surface area contributed by atoms with Crippen molar-refractivity contribution in [3.05, 3.63) is 48.4 Å². The number of nitrogens with two attached hydrogens (primary N) is 1. The summed E-state index contributed by atoms with van der Waals surface area (Å²) in [5, 5.41) is 28.6. The third-order valence-corrected chi connectivity index (χ3v) is 4.44. The molecule has 4 N–H and O–H groups in total. The molecule has 0 aliphatic rings. The molecular weight excluding hydrogens is 362 g/mol. The Morgan fingerprint density at radius 2 is 1.96 bits per heavy atom. The van der Waals surface area contributed by atoms with Gasteiger partial charge in [-0.05, 0) is 36.2 Å². The molecule has 0 unspecified atom stereocenters. The van der Waals surface area contributed by atoms with E-state index < -0.39 is 0 Å². The quantitative estimate of drug-likeness (QED) is 0.404. The number of nitrogen functional groups attached to an aromatic ring is 1. The van der Waals surface area contributed by atoms with Crippen molar-refractivity contribution in [1.82, 2.24) is 29.4 Å². The lowest BCUT2D eigenvalue weighted by Crippen LogP contribution is -2.03. The normalized spacial score (nSPS) is 11.6. The molecule has 0 spiro atoms. The molecule has 5 aromatic rings. The van der Waals surface area contributed by atoms with E-state index in [4.69, 9.17) is 10.2 Å². The summed E-state index contributed by atoms with van der Waals surface area (Å²) in [5.41, 5.74) is 7.90. The standard InChI is InChI=1S/C18H15N7O3/c19-18-21-15-11(17-20-16(23-25(17)18)14-2-1-7-28-14)9-24(22-15)6-5-10-3-4-12(26)13(27)8-10/h1-4,7-9,26-27H,5-6H2,(H2,19,21,22). The van der Waals surface area contributed by atoms with Crippen molar-refractivity contribution in [2.45, 2.75) is 13.0 Å². The molecule has 4 aromatic heterocycles. The van der Waals surface area contributed by atoms with E-state index >= 15 is 0 Å². The Kier molecular flexibility index (Phi) is 3.44. The smallest absolute Gasteiger partial charge is 0.225 e. The van der Waals surface area contributed by atoms with Gasteiger partial charge in [-0.15, -0.1) is 5.10 Å². The van der Waals surface area contributed by atoms with Crippen molar-refractivity contribution in [2.75, 3.05) is 5.73 Å². The Bertz CT molecular complexity index is 1300. The van der Waals surface area contributed by atoms with Crippen LogP contribution in [0.4, 0.5) is 5.95 Å². The number of hydrogen-bond acceptors (Lipinski definition) is 8. The summed E-state index contributed by atoms with van der Waals surface area (Å²) in [6, 6.07) is 8.27. The molecule has 0 atom stereocenters. The molecule has 0 radical (unpaired) electrons. The van der Waals surface area contributed by atoms with Crippen LogP contribution in [0.15, 0.2) is 47.2 Å². The first-order valence-electron chi connectivity index (χ1n) is 8.52. The molecule has 0 saturated heterocycles. The number of aryl methyl sites for hydroxylation is 2. The molecule has 5 rings (SSSR count). The van der Waals surface area contributed by atoms with Gasteiger partial charge in [-0.3, -0.25) is 4.68 Å². The first-order valence-corrected chi connectivity index (χ1v) is 8.52. The maximum Gasteiger partial charge on any atom is 0.225 e. The van der Waals surface area contributed by atoms with Crippen molar-refractivity contribution >= 4 is 22.6 Å². The number of benzene rings is 1. The van der Waals surface area contributed by atoms with Crippen LogP contribution in [0.2, 0.25) is 0 Å². The molecule has 10 nitrogen and oxygen atoms in total. The first kappa shape index (κ1) is 16.1. The van der Waals surface area contributed by atoms with E-state index in [9.17, 15) is 10.2 Å². The van der Waals surface area contributed by atoms with Crippen LogP contribution in [0.5, 0.6) is 11.5 Å². The highest BCUT2D eigenvalue weighted by atomic mass is 16.3. The van der Waals surface area contributed by atoms with Crippen LogP contribution >= 0.6 is 0 Å². The SMILES string of the molecule is Nc1nc2nn(CCc3ccc(O)c(O)c3)cc2c2nc(-c3ccco3)nn12. The van der Waals surface area contributed by atoms with Crippen LogP contribution in [0, 0.1) is 0 Å². The summed E-state index contributed by atoms with van der Waals surface area (Å²) in [5.74, 6) is 0.846. The molecule has 140 valence electrons. The van der Waals surface area contributed by atoms with Gasteiger partial charge < -0.3 is 20.4 Å². The highest BCUT2D eigenvalue weighted by molar-refractivity contribution is 5.90. The predicted molar refractivity (Wildman–Crippen MR) is 99.7 cm³/mol. The number of phenolic OH excluding ortho intramolecular Hbond substituents is 2. The molecule has 0 aliphatic heterocycles. The predicted octanol–water partition coefficient (Wildman–Crippen LogP) is 1.97. The van der Waals surface area contributed by atoms with E-state index in [-0.39, 0.29) is 17.4 Å². The molecule has 0 fully saturated rings. The summed E-state index contributed by atoms with van der Waals surface area (Å²) < 4.78 is 8.55. The van der Waals surface area contributed by atoms with Crippen molar-refractivity contribution in [3.63, 3.8) is 0 Å². The van der Waals surface area contributed by atoms with Crippen molar-refractivity contribution in [3.8, 4) is 23.1 Å². The fourth-order valence-corrected chi connectivity index (χ4v) is 3.05. The van der Waals surface area contributed by atoms with Gasteiger partial charge in [-0.1, -0.05) is 6.07 Å². The molecule has 1 aromatic carbocycles. The van der Waals surface area contributed by atoms with Crippen LogP contribution in [0.25, 0.3) is 28.3 Å². The van der Waals surface area contributed by atoms with Crippen molar-refractivity contribution in [1.29, 1.82) is 0 Å². The highest BCUT2D eigenvalue weighted by Crippen LogP contribution is 2.26. The van der Waals surface area contributed by atoms with Crippen LogP contribution in [-0.4, -0.2) is 39.6 Å². The Morgan fingerprint density at radius 1 is 1.07 bits per heavy atom. The number of anilines is 1. The number of aromatic hydroxyl groups is 2. The second kappa shape index (κ2) is 5.98. The summed E-state index contributed by atoms with van der Waals surface area (Å²) in [4.78, 5) is 8.82. The zero-order valence-corrected chi connectivity index (χ0v) is 14.5. The first-order chi connectivity index (χ1) is 13.6. The molecule has 0 bridgehead atoms. The average molecular weight is 377 g/mol. The van der Waals surface area contributed by atoms with Crippen molar-refractivity contribution < 1.29 is 14.6 Å². The van der Waals surface area contributed by atoms with Crippen LogP contribution < -0.4 is 5.73 Å². The molecule has 0 amide bonds. The minimum absolute atomic E-state index is 0.144.